The number of aryl methyl sites for hydroxylation is 1. The Morgan fingerprint density at radius 3 is 2.56 bits per heavy atom. The summed E-state index contributed by atoms with van der Waals surface area (Å²) in [6.07, 6.45) is 6.47. The summed E-state index contributed by atoms with van der Waals surface area (Å²) in [6, 6.07) is 14.5. The van der Waals surface area contributed by atoms with Crippen molar-refractivity contribution in [2.45, 2.75) is 13.3 Å². The van der Waals surface area contributed by atoms with Gasteiger partial charge in [0.05, 0.1) is 12.7 Å². The Morgan fingerprint density at radius 2 is 1.89 bits per heavy atom. The van der Waals surface area contributed by atoms with Crippen molar-refractivity contribution >= 4 is 0 Å². The van der Waals surface area contributed by atoms with Crippen LogP contribution in [0.25, 0.3) is 11.1 Å². The Hall–Kier alpha value is -2.20. The lowest BCUT2D eigenvalue weighted by Gasteiger charge is -2.08. The number of terminal acetylenes is 1. The lowest BCUT2D eigenvalue weighted by molar-refractivity contribution is 0.414. The first kappa shape index (κ1) is 12.3. The predicted molar refractivity (Wildman–Crippen MR) is 75.7 cm³/mol. The van der Waals surface area contributed by atoms with E-state index < -0.39 is 0 Å². The number of rotatable bonds is 3. The average Bonchev–Trinajstić information content (AvgIpc) is 2.46. The minimum Gasteiger partial charge on any atom is -0.495 e. The maximum atomic E-state index is 5.43. The zero-order chi connectivity index (χ0) is 13.0. The molecule has 18 heavy (non-hydrogen) atoms. The van der Waals surface area contributed by atoms with Gasteiger partial charge < -0.3 is 4.74 Å². The van der Waals surface area contributed by atoms with E-state index >= 15 is 0 Å². The van der Waals surface area contributed by atoms with Crippen LogP contribution in [-0.2, 0) is 6.42 Å². The van der Waals surface area contributed by atoms with Gasteiger partial charge in [0.1, 0.15) is 5.75 Å². The molecule has 0 aromatic heterocycles. The first-order chi connectivity index (χ1) is 8.78. The molecule has 0 unspecified atom stereocenters. The van der Waals surface area contributed by atoms with Crippen LogP contribution < -0.4 is 4.74 Å². The Labute approximate surface area is 108 Å². The van der Waals surface area contributed by atoms with Gasteiger partial charge in [0.25, 0.3) is 0 Å². The van der Waals surface area contributed by atoms with E-state index in [-0.39, 0.29) is 0 Å². The maximum Gasteiger partial charge on any atom is 0.135 e. The summed E-state index contributed by atoms with van der Waals surface area (Å²) in [5.74, 6) is 3.37. The van der Waals surface area contributed by atoms with Crippen LogP contribution in [0.2, 0.25) is 0 Å². The van der Waals surface area contributed by atoms with Crippen molar-refractivity contribution in [1.29, 1.82) is 0 Å². The molecule has 0 N–H and O–H groups in total. The number of benzene rings is 2. The molecule has 0 bridgehead atoms. The van der Waals surface area contributed by atoms with Gasteiger partial charge in [-0.1, -0.05) is 43.2 Å². The zero-order valence-corrected chi connectivity index (χ0v) is 10.7. The molecule has 0 aliphatic rings. The highest BCUT2D eigenvalue weighted by Crippen LogP contribution is 2.27. The molecule has 1 heteroatoms. The topological polar surface area (TPSA) is 9.23 Å². The largest absolute Gasteiger partial charge is 0.495 e. The Bertz CT molecular complexity index is 591. The van der Waals surface area contributed by atoms with Crippen molar-refractivity contribution in [2.24, 2.45) is 0 Å². The summed E-state index contributed by atoms with van der Waals surface area (Å²) in [5.41, 5.74) is 4.43. The molecule has 2 aromatic rings. The van der Waals surface area contributed by atoms with E-state index in [0.717, 1.165) is 23.3 Å². The SMILES string of the molecule is C#Cc1ccc(-c2cccc(CC)c2)cc1OC. The second kappa shape index (κ2) is 5.42. The molecule has 0 saturated carbocycles. The average molecular weight is 236 g/mol. The van der Waals surface area contributed by atoms with Crippen LogP contribution in [0.5, 0.6) is 5.75 Å². The van der Waals surface area contributed by atoms with Gasteiger partial charge in [-0.2, -0.15) is 0 Å². The normalized spacial score (nSPS) is 9.83. The van der Waals surface area contributed by atoms with Crippen molar-refractivity contribution in [3.63, 3.8) is 0 Å². The minimum atomic E-state index is 0.747. The van der Waals surface area contributed by atoms with Gasteiger partial charge in [0, 0.05) is 0 Å². The summed E-state index contributed by atoms with van der Waals surface area (Å²) in [4.78, 5) is 0. The van der Waals surface area contributed by atoms with Crippen molar-refractivity contribution in [1.82, 2.24) is 0 Å². The van der Waals surface area contributed by atoms with Gasteiger partial charge in [0.15, 0.2) is 0 Å². The van der Waals surface area contributed by atoms with Crippen LogP contribution in [0.15, 0.2) is 42.5 Å². The first-order valence-corrected chi connectivity index (χ1v) is 6.02. The van der Waals surface area contributed by atoms with Gasteiger partial charge in [-0.3, -0.25) is 0 Å². The smallest absolute Gasteiger partial charge is 0.135 e. The lowest BCUT2D eigenvalue weighted by atomic mass is 10.0. The summed E-state index contributed by atoms with van der Waals surface area (Å²) < 4.78 is 5.31. The van der Waals surface area contributed by atoms with E-state index in [4.69, 9.17) is 11.2 Å². The fraction of sp³-hybridized carbons (Fsp3) is 0.176. The second-order valence-corrected chi connectivity index (χ2v) is 4.11. The first-order valence-electron chi connectivity index (χ1n) is 6.02. The van der Waals surface area contributed by atoms with E-state index in [2.05, 4.69) is 37.1 Å². The van der Waals surface area contributed by atoms with Crippen LogP contribution in [0.3, 0.4) is 0 Å². The highest BCUT2D eigenvalue weighted by atomic mass is 16.5. The molecule has 0 spiro atoms. The monoisotopic (exact) mass is 236 g/mol. The maximum absolute atomic E-state index is 5.43. The van der Waals surface area contributed by atoms with Gasteiger partial charge >= 0.3 is 0 Å². The summed E-state index contributed by atoms with van der Waals surface area (Å²) in [7, 11) is 1.64. The summed E-state index contributed by atoms with van der Waals surface area (Å²) in [6.45, 7) is 2.15. The minimum absolute atomic E-state index is 0.747. The van der Waals surface area contributed by atoms with E-state index in [9.17, 15) is 0 Å². The van der Waals surface area contributed by atoms with Crippen molar-refractivity contribution < 1.29 is 4.74 Å². The van der Waals surface area contributed by atoms with Crippen LogP contribution in [0.1, 0.15) is 18.1 Å². The molecular weight excluding hydrogens is 220 g/mol. The van der Waals surface area contributed by atoms with Crippen LogP contribution in [0.4, 0.5) is 0 Å². The molecule has 1 nitrogen and oxygen atoms in total. The molecule has 0 amide bonds. The molecule has 0 aliphatic carbocycles. The fourth-order valence-corrected chi connectivity index (χ4v) is 1.96. The van der Waals surface area contributed by atoms with Gasteiger partial charge in [-0.05, 0) is 35.2 Å². The van der Waals surface area contributed by atoms with Gasteiger partial charge in [-0.25, -0.2) is 0 Å². The Balaban J connectivity index is 2.48. The predicted octanol–water partition coefficient (Wildman–Crippen LogP) is 3.91. The van der Waals surface area contributed by atoms with E-state index in [0.29, 0.717) is 0 Å². The van der Waals surface area contributed by atoms with Crippen LogP contribution in [0, 0.1) is 12.3 Å². The highest BCUT2D eigenvalue weighted by molar-refractivity contribution is 5.68. The second-order valence-electron chi connectivity index (χ2n) is 4.11. The van der Waals surface area contributed by atoms with Crippen molar-refractivity contribution in [2.75, 3.05) is 7.11 Å². The number of ether oxygens (including phenoxy) is 1. The van der Waals surface area contributed by atoms with Crippen molar-refractivity contribution in [3.8, 4) is 29.2 Å². The summed E-state index contributed by atoms with van der Waals surface area (Å²) in [5, 5.41) is 0. The molecule has 90 valence electrons. The number of methoxy groups -OCH3 is 1. The molecule has 0 aliphatic heterocycles. The Kier molecular flexibility index (Phi) is 3.69. The Morgan fingerprint density at radius 1 is 1.11 bits per heavy atom. The molecule has 0 radical (unpaired) electrons. The third-order valence-electron chi connectivity index (χ3n) is 3.03. The quantitative estimate of drug-likeness (QED) is 0.734. The summed E-state index contributed by atoms with van der Waals surface area (Å²) >= 11 is 0. The molecule has 0 atom stereocenters. The third kappa shape index (κ3) is 2.38. The van der Waals surface area contributed by atoms with Crippen molar-refractivity contribution in [3.05, 3.63) is 53.6 Å². The highest BCUT2D eigenvalue weighted by Gasteiger charge is 2.04. The van der Waals surface area contributed by atoms with E-state index in [1.807, 2.05) is 18.2 Å². The molecular formula is C17H16O. The van der Waals surface area contributed by atoms with E-state index in [1.54, 1.807) is 7.11 Å². The third-order valence-corrected chi connectivity index (χ3v) is 3.03. The standard InChI is InChI=1S/C17H16O/c1-4-13-7-6-8-15(11-13)16-10-9-14(5-2)17(12-16)18-3/h2,6-12H,4H2,1,3H3. The molecule has 2 aromatic carbocycles. The number of hydrogen-bond donors (Lipinski definition) is 0. The molecule has 0 fully saturated rings. The number of hydrogen-bond acceptors (Lipinski definition) is 1. The molecule has 0 heterocycles. The molecule has 0 saturated heterocycles. The lowest BCUT2D eigenvalue weighted by Crippen LogP contribution is -1.89. The van der Waals surface area contributed by atoms with Crippen LogP contribution >= 0.6 is 0 Å². The fourth-order valence-electron chi connectivity index (χ4n) is 1.96. The van der Waals surface area contributed by atoms with E-state index in [1.165, 1.54) is 11.1 Å². The van der Waals surface area contributed by atoms with Gasteiger partial charge in [0.2, 0.25) is 0 Å². The zero-order valence-electron chi connectivity index (χ0n) is 10.7. The van der Waals surface area contributed by atoms with Gasteiger partial charge in [-0.15, -0.1) is 6.42 Å². The molecule has 2 rings (SSSR count). The van der Waals surface area contributed by atoms with Crippen LogP contribution in [-0.4, -0.2) is 7.11 Å².